The molecule has 4 nitrogen and oxygen atoms in total. The van der Waals surface area contributed by atoms with E-state index >= 15 is 0 Å². The third-order valence-electron chi connectivity index (χ3n) is 4.94. The number of hydrogen-bond donors (Lipinski definition) is 2. The van der Waals surface area contributed by atoms with Crippen molar-refractivity contribution < 1.29 is 5.11 Å². The highest BCUT2D eigenvalue weighted by molar-refractivity contribution is 4.92. The van der Waals surface area contributed by atoms with Crippen molar-refractivity contribution in [3.05, 3.63) is 0 Å². The zero-order valence-electron chi connectivity index (χ0n) is 13.6. The average molecular weight is 283 g/mol. The highest BCUT2D eigenvalue weighted by Crippen LogP contribution is 2.24. The second kappa shape index (κ2) is 7.21. The van der Waals surface area contributed by atoms with E-state index < -0.39 is 0 Å². The molecule has 2 unspecified atom stereocenters. The minimum atomic E-state index is -0.0780. The summed E-state index contributed by atoms with van der Waals surface area (Å²) in [4.78, 5) is 4.96. The first-order chi connectivity index (χ1) is 9.52. The van der Waals surface area contributed by atoms with Gasteiger partial charge in [0.2, 0.25) is 0 Å². The van der Waals surface area contributed by atoms with Crippen LogP contribution in [0.25, 0.3) is 0 Å². The van der Waals surface area contributed by atoms with Crippen LogP contribution in [0.2, 0.25) is 0 Å². The number of likely N-dealkylation sites (N-methyl/N-ethyl adjacent to an activating group) is 2. The van der Waals surface area contributed by atoms with Crippen molar-refractivity contribution in [1.82, 2.24) is 15.1 Å². The quantitative estimate of drug-likeness (QED) is 0.704. The van der Waals surface area contributed by atoms with Gasteiger partial charge in [-0.2, -0.15) is 0 Å². The van der Waals surface area contributed by atoms with Crippen molar-refractivity contribution in [3.8, 4) is 0 Å². The third-order valence-corrected chi connectivity index (χ3v) is 4.94. The fraction of sp³-hybridized carbons (Fsp3) is 1.00. The van der Waals surface area contributed by atoms with Gasteiger partial charge in [0.1, 0.15) is 0 Å². The fourth-order valence-electron chi connectivity index (χ4n) is 3.32. The van der Waals surface area contributed by atoms with Gasteiger partial charge < -0.3 is 20.2 Å². The first-order valence-electron chi connectivity index (χ1n) is 8.30. The van der Waals surface area contributed by atoms with Crippen molar-refractivity contribution in [2.24, 2.45) is 0 Å². The van der Waals surface area contributed by atoms with E-state index in [4.69, 9.17) is 0 Å². The van der Waals surface area contributed by atoms with Gasteiger partial charge in [0.15, 0.2) is 0 Å². The van der Waals surface area contributed by atoms with Crippen LogP contribution in [-0.2, 0) is 0 Å². The van der Waals surface area contributed by atoms with Gasteiger partial charge in [-0.25, -0.2) is 0 Å². The molecule has 0 spiro atoms. The molecule has 1 saturated heterocycles. The molecule has 118 valence electrons. The topological polar surface area (TPSA) is 38.7 Å². The lowest BCUT2D eigenvalue weighted by Gasteiger charge is -2.36. The maximum atomic E-state index is 9.63. The molecule has 0 amide bonds. The zero-order valence-corrected chi connectivity index (χ0v) is 13.6. The Hall–Kier alpha value is -0.160. The van der Waals surface area contributed by atoms with Crippen LogP contribution in [0.3, 0.4) is 0 Å². The molecule has 0 bridgehead atoms. The lowest BCUT2D eigenvalue weighted by molar-refractivity contribution is 0.121. The summed E-state index contributed by atoms with van der Waals surface area (Å²) in [5.74, 6) is 0. The van der Waals surface area contributed by atoms with Crippen molar-refractivity contribution in [1.29, 1.82) is 0 Å². The second-order valence-electron chi connectivity index (χ2n) is 7.28. The molecule has 4 heteroatoms. The van der Waals surface area contributed by atoms with Crippen molar-refractivity contribution in [3.63, 3.8) is 0 Å². The van der Waals surface area contributed by atoms with Gasteiger partial charge in [-0.15, -0.1) is 0 Å². The minimum Gasteiger partial charge on any atom is -0.394 e. The van der Waals surface area contributed by atoms with Gasteiger partial charge in [-0.3, -0.25) is 0 Å². The Balaban J connectivity index is 1.68. The highest BCUT2D eigenvalue weighted by Gasteiger charge is 2.31. The van der Waals surface area contributed by atoms with E-state index in [1.165, 1.54) is 38.8 Å². The lowest BCUT2D eigenvalue weighted by Crippen LogP contribution is -2.48. The van der Waals surface area contributed by atoms with Crippen LogP contribution in [0.1, 0.15) is 45.4 Å². The van der Waals surface area contributed by atoms with Gasteiger partial charge in [0.25, 0.3) is 0 Å². The Kier molecular flexibility index (Phi) is 5.84. The number of piperidine rings is 1. The minimum absolute atomic E-state index is 0.0780. The molecule has 0 radical (unpaired) electrons. The summed E-state index contributed by atoms with van der Waals surface area (Å²) in [6, 6.07) is 1.38. The highest BCUT2D eigenvalue weighted by atomic mass is 16.3. The summed E-state index contributed by atoms with van der Waals surface area (Å²) in [6.45, 7) is 6.01. The van der Waals surface area contributed by atoms with Crippen LogP contribution in [-0.4, -0.2) is 72.9 Å². The van der Waals surface area contributed by atoms with E-state index in [9.17, 15) is 5.11 Å². The first kappa shape index (κ1) is 16.2. The lowest BCUT2D eigenvalue weighted by atomic mass is 9.96. The van der Waals surface area contributed by atoms with E-state index in [0.717, 1.165) is 19.4 Å². The molecular formula is C16H33N3O. The first-order valence-corrected chi connectivity index (χ1v) is 8.30. The molecule has 2 fully saturated rings. The molecular weight excluding hydrogens is 250 g/mol. The summed E-state index contributed by atoms with van der Waals surface area (Å²) in [5.41, 5.74) is -0.0780. The summed E-state index contributed by atoms with van der Waals surface area (Å²) in [7, 11) is 4.48. The molecule has 2 atom stereocenters. The van der Waals surface area contributed by atoms with E-state index in [0.29, 0.717) is 12.1 Å². The smallest absolute Gasteiger partial charge is 0.0610 e. The molecule has 1 saturated carbocycles. The number of nitrogens with zero attached hydrogens (tertiary/aromatic N) is 2. The maximum absolute atomic E-state index is 9.63. The van der Waals surface area contributed by atoms with Gasteiger partial charge >= 0.3 is 0 Å². The fourth-order valence-corrected chi connectivity index (χ4v) is 3.32. The van der Waals surface area contributed by atoms with Gasteiger partial charge in [0.05, 0.1) is 6.61 Å². The van der Waals surface area contributed by atoms with Crippen LogP contribution < -0.4 is 5.32 Å². The van der Waals surface area contributed by atoms with Gasteiger partial charge in [-0.05, 0) is 72.6 Å². The summed E-state index contributed by atoms with van der Waals surface area (Å²) in [5, 5.41) is 13.2. The Morgan fingerprint density at radius 3 is 2.70 bits per heavy atom. The Morgan fingerprint density at radius 1 is 1.35 bits per heavy atom. The largest absolute Gasteiger partial charge is 0.394 e. The molecule has 20 heavy (non-hydrogen) atoms. The predicted molar refractivity (Wildman–Crippen MR) is 84.0 cm³/mol. The molecule has 0 aromatic carbocycles. The molecule has 1 heterocycles. The van der Waals surface area contributed by atoms with Crippen LogP contribution in [0.15, 0.2) is 0 Å². The standard InChI is InChI=1S/C16H33N3O/c1-16(13-20,17-14-7-8-14)9-5-11-19(3)15-6-4-10-18(2)12-15/h14-15,17,20H,4-13H2,1-3H3. The average Bonchev–Trinajstić information content (AvgIpc) is 3.22. The van der Waals surface area contributed by atoms with E-state index in [-0.39, 0.29) is 12.1 Å². The van der Waals surface area contributed by atoms with Gasteiger partial charge in [-0.1, -0.05) is 0 Å². The number of aliphatic hydroxyl groups excluding tert-OH is 1. The van der Waals surface area contributed by atoms with Crippen LogP contribution in [0.5, 0.6) is 0 Å². The second-order valence-corrected chi connectivity index (χ2v) is 7.28. The van der Waals surface area contributed by atoms with Crippen LogP contribution in [0.4, 0.5) is 0 Å². The van der Waals surface area contributed by atoms with E-state index in [1.54, 1.807) is 0 Å². The number of likely N-dealkylation sites (tertiary alicyclic amines) is 1. The molecule has 1 aliphatic heterocycles. The number of hydrogen-bond acceptors (Lipinski definition) is 4. The monoisotopic (exact) mass is 283 g/mol. The zero-order chi connectivity index (χ0) is 14.6. The van der Waals surface area contributed by atoms with Crippen molar-refractivity contribution >= 4 is 0 Å². The van der Waals surface area contributed by atoms with Crippen LogP contribution >= 0.6 is 0 Å². The third kappa shape index (κ3) is 4.99. The van der Waals surface area contributed by atoms with Crippen molar-refractivity contribution in [2.45, 2.75) is 63.1 Å². The van der Waals surface area contributed by atoms with E-state index in [2.05, 4.69) is 36.1 Å². The summed E-state index contributed by atoms with van der Waals surface area (Å²) < 4.78 is 0. The SMILES string of the molecule is CN1CCCC(N(C)CCCC(C)(CO)NC2CC2)C1. The van der Waals surface area contributed by atoms with Crippen molar-refractivity contribution in [2.75, 3.05) is 40.3 Å². The van der Waals surface area contributed by atoms with E-state index in [1.807, 2.05) is 0 Å². The molecule has 2 N–H and O–H groups in total. The molecule has 0 aromatic heterocycles. The van der Waals surface area contributed by atoms with Gasteiger partial charge in [0, 0.05) is 24.2 Å². The Labute approximate surface area is 124 Å². The predicted octanol–water partition coefficient (Wildman–Crippen LogP) is 1.30. The molecule has 0 aromatic rings. The Bertz CT molecular complexity index is 295. The summed E-state index contributed by atoms with van der Waals surface area (Å²) >= 11 is 0. The molecule has 2 aliphatic rings. The molecule has 1 aliphatic carbocycles. The number of rotatable bonds is 8. The maximum Gasteiger partial charge on any atom is 0.0610 e. The molecule has 2 rings (SSSR count). The van der Waals surface area contributed by atoms with Crippen LogP contribution in [0, 0.1) is 0 Å². The Morgan fingerprint density at radius 2 is 2.10 bits per heavy atom. The normalized spacial score (nSPS) is 27.8. The number of nitrogens with one attached hydrogen (secondary N) is 1. The summed E-state index contributed by atoms with van der Waals surface area (Å²) in [6.07, 6.45) is 7.44. The number of aliphatic hydroxyl groups is 1.